The Kier molecular flexibility index (Phi) is 6.62. The van der Waals surface area contributed by atoms with Gasteiger partial charge in [-0.3, -0.25) is 4.90 Å². The van der Waals surface area contributed by atoms with Crippen molar-refractivity contribution in [3.05, 3.63) is 65.2 Å². The molecule has 0 spiro atoms. The van der Waals surface area contributed by atoms with Crippen molar-refractivity contribution in [1.29, 1.82) is 0 Å². The Morgan fingerprint density at radius 1 is 0.931 bits per heavy atom. The molecule has 0 amide bonds. The van der Waals surface area contributed by atoms with Gasteiger partial charge in [0.25, 0.3) is 0 Å². The summed E-state index contributed by atoms with van der Waals surface area (Å²) in [6, 6.07) is 11.6. The fourth-order valence-electron chi connectivity index (χ4n) is 3.22. The zero-order chi connectivity index (χ0) is 21.1. The molecule has 0 unspecified atom stereocenters. The van der Waals surface area contributed by atoms with E-state index in [0.717, 1.165) is 50.4 Å². The number of hydrogen-bond donors (Lipinski definition) is 1. The second-order valence-corrected chi connectivity index (χ2v) is 8.95. The first-order chi connectivity index (χ1) is 13.6. The second-order valence-electron chi connectivity index (χ2n) is 7.21. The van der Waals surface area contributed by atoms with Gasteiger partial charge >= 0.3 is 6.18 Å². The van der Waals surface area contributed by atoms with E-state index in [2.05, 4.69) is 21.6 Å². The normalized spacial score (nSPS) is 16.8. The van der Waals surface area contributed by atoms with Gasteiger partial charge in [-0.2, -0.15) is 13.2 Å². The Bertz CT molecular complexity index is 923. The maximum atomic E-state index is 13.1. The first-order valence-corrected chi connectivity index (χ1v) is 10.8. The molecule has 0 radical (unpaired) electrons. The van der Waals surface area contributed by atoms with E-state index in [1.54, 1.807) is 12.1 Å². The number of likely N-dealkylation sites (N-methyl/N-ethyl adjacent to an activating group) is 1. The maximum absolute atomic E-state index is 13.1. The number of nitrogens with zero attached hydrogens (tertiary/aromatic N) is 2. The number of halogens is 3. The van der Waals surface area contributed by atoms with Gasteiger partial charge in [-0.15, -0.1) is 0 Å². The minimum atomic E-state index is -4.74. The summed E-state index contributed by atoms with van der Waals surface area (Å²) in [6.45, 7) is 4.79. The van der Waals surface area contributed by atoms with Gasteiger partial charge in [0.15, 0.2) is 0 Å². The summed E-state index contributed by atoms with van der Waals surface area (Å²) >= 11 is 0. The summed E-state index contributed by atoms with van der Waals surface area (Å²) in [5.74, 6) is 0. The molecule has 0 atom stereocenters. The molecule has 3 rings (SSSR count). The quantitative estimate of drug-likeness (QED) is 0.770. The Labute approximate surface area is 169 Å². The van der Waals surface area contributed by atoms with Crippen LogP contribution in [0.3, 0.4) is 0 Å². The van der Waals surface area contributed by atoms with Crippen LogP contribution < -0.4 is 4.72 Å². The van der Waals surface area contributed by atoms with Gasteiger partial charge in [-0.05, 0) is 30.3 Å². The lowest BCUT2D eigenvalue weighted by atomic mass is 10.1. The minimum absolute atomic E-state index is 0.0800. The Hall–Kier alpha value is -1.94. The van der Waals surface area contributed by atoms with Gasteiger partial charge < -0.3 is 4.90 Å². The molecule has 5 nitrogen and oxygen atoms in total. The van der Waals surface area contributed by atoms with E-state index < -0.39 is 26.7 Å². The number of piperazine rings is 1. The number of benzene rings is 2. The summed E-state index contributed by atoms with van der Waals surface area (Å²) in [5, 5.41) is 0. The molecule has 0 saturated carbocycles. The van der Waals surface area contributed by atoms with Crippen LogP contribution in [0.2, 0.25) is 0 Å². The highest BCUT2D eigenvalue weighted by Crippen LogP contribution is 2.33. The van der Waals surface area contributed by atoms with Crippen LogP contribution in [0.25, 0.3) is 0 Å². The molecule has 1 fully saturated rings. The first kappa shape index (κ1) is 21.8. The van der Waals surface area contributed by atoms with Crippen molar-refractivity contribution in [2.24, 2.45) is 0 Å². The average molecular weight is 427 g/mol. The lowest BCUT2D eigenvalue weighted by Crippen LogP contribution is -2.43. The third-order valence-corrected chi connectivity index (χ3v) is 6.43. The van der Waals surface area contributed by atoms with Crippen molar-refractivity contribution >= 4 is 10.0 Å². The van der Waals surface area contributed by atoms with Crippen molar-refractivity contribution in [3.8, 4) is 0 Å². The standard InChI is InChI=1S/C20H24F3N3O2S/c1-25-10-12-26(13-11-25)15-17-8-6-16(7-9-17)14-24-29(27,28)19-5-3-2-4-18(19)20(21,22)23/h2-9,24H,10-15H2,1H3. The molecule has 2 aromatic rings. The van der Waals surface area contributed by atoms with Gasteiger partial charge in [-0.25, -0.2) is 13.1 Å². The predicted molar refractivity (Wildman–Crippen MR) is 105 cm³/mol. The summed E-state index contributed by atoms with van der Waals surface area (Å²) in [6.07, 6.45) is -4.74. The SMILES string of the molecule is CN1CCN(Cc2ccc(CNS(=O)(=O)c3ccccc3C(F)(F)F)cc2)CC1. The zero-order valence-corrected chi connectivity index (χ0v) is 16.9. The smallest absolute Gasteiger partial charge is 0.304 e. The molecular formula is C20H24F3N3O2S. The van der Waals surface area contributed by atoms with Crippen molar-refractivity contribution in [3.63, 3.8) is 0 Å². The topological polar surface area (TPSA) is 52.6 Å². The number of alkyl halides is 3. The summed E-state index contributed by atoms with van der Waals surface area (Å²) in [4.78, 5) is 3.87. The van der Waals surface area contributed by atoms with Crippen molar-refractivity contribution in [1.82, 2.24) is 14.5 Å². The van der Waals surface area contributed by atoms with E-state index in [9.17, 15) is 21.6 Å². The maximum Gasteiger partial charge on any atom is 0.417 e. The first-order valence-electron chi connectivity index (χ1n) is 9.30. The number of nitrogens with one attached hydrogen (secondary N) is 1. The van der Waals surface area contributed by atoms with E-state index in [1.165, 1.54) is 12.1 Å². The van der Waals surface area contributed by atoms with Crippen LogP contribution in [0, 0.1) is 0 Å². The van der Waals surface area contributed by atoms with Crippen LogP contribution in [-0.2, 0) is 29.3 Å². The largest absolute Gasteiger partial charge is 0.417 e. The molecule has 1 aliphatic rings. The molecule has 1 N–H and O–H groups in total. The average Bonchev–Trinajstić information content (AvgIpc) is 2.69. The molecule has 1 aliphatic heterocycles. The molecule has 1 heterocycles. The van der Waals surface area contributed by atoms with Gasteiger partial charge in [0.05, 0.1) is 10.5 Å². The van der Waals surface area contributed by atoms with E-state index >= 15 is 0 Å². The Morgan fingerprint density at radius 2 is 1.52 bits per heavy atom. The monoisotopic (exact) mass is 427 g/mol. The number of sulfonamides is 1. The van der Waals surface area contributed by atoms with Crippen LogP contribution in [0.1, 0.15) is 16.7 Å². The molecule has 158 valence electrons. The van der Waals surface area contributed by atoms with Gasteiger partial charge in [0.2, 0.25) is 10.0 Å². The fraction of sp³-hybridized carbons (Fsp3) is 0.400. The summed E-state index contributed by atoms with van der Waals surface area (Å²) in [5.41, 5.74) is 0.624. The molecular weight excluding hydrogens is 403 g/mol. The van der Waals surface area contributed by atoms with Crippen molar-refractivity contribution in [2.75, 3.05) is 33.2 Å². The number of hydrogen-bond acceptors (Lipinski definition) is 4. The van der Waals surface area contributed by atoms with Crippen molar-refractivity contribution < 1.29 is 21.6 Å². The van der Waals surface area contributed by atoms with Crippen LogP contribution in [0.4, 0.5) is 13.2 Å². The van der Waals surface area contributed by atoms with E-state index in [0.29, 0.717) is 5.56 Å². The number of rotatable bonds is 6. The third kappa shape index (κ3) is 5.79. The van der Waals surface area contributed by atoms with Crippen LogP contribution in [0.5, 0.6) is 0 Å². The summed E-state index contributed by atoms with van der Waals surface area (Å²) < 4.78 is 66.4. The van der Waals surface area contributed by atoms with E-state index in [4.69, 9.17) is 0 Å². The molecule has 9 heteroatoms. The van der Waals surface area contributed by atoms with Crippen LogP contribution in [-0.4, -0.2) is 51.4 Å². The summed E-state index contributed by atoms with van der Waals surface area (Å²) in [7, 11) is -2.20. The van der Waals surface area contributed by atoms with E-state index in [-0.39, 0.29) is 6.54 Å². The lowest BCUT2D eigenvalue weighted by molar-refractivity contribution is -0.139. The van der Waals surface area contributed by atoms with E-state index in [1.807, 2.05) is 12.1 Å². The Morgan fingerprint density at radius 3 is 2.14 bits per heavy atom. The predicted octanol–water partition coefficient (Wildman–Crippen LogP) is 2.93. The molecule has 0 aliphatic carbocycles. The highest BCUT2D eigenvalue weighted by Gasteiger charge is 2.36. The zero-order valence-electron chi connectivity index (χ0n) is 16.1. The molecule has 1 saturated heterocycles. The lowest BCUT2D eigenvalue weighted by Gasteiger charge is -2.32. The third-order valence-electron chi connectivity index (χ3n) is 4.97. The van der Waals surface area contributed by atoms with Crippen LogP contribution >= 0.6 is 0 Å². The highest BCUT2D eigenvalue weighted by atomic mass is 32.2. The molecule has 29 heavy (non-hydrogen) atoms. The van der Waals surface area contributed by atoms with Crippen LogP contribution in [0.15, 0.2) is 53.4 Å². The highest BCUT2D eigenvalue weighted by molar-refractivity contribution is 7.89. The molecule has 0 bridgehead atoms. The molecule has 2 aromatic carbocycles. The minimum Gasteiger partial charge on any atom is -0.304 e. The van der Waals surface area contributed by atoms with Gasteiger partial charge in [-0.1, -0.05) is 36.4 Å². The second kappa shape index (κ2) is 8.83. The van der Waals surface area contributed by atoms with Gasteiger partial charge in [0, 0.05) is 39.3 Å². The molecule has 0 aromatic heterocycles. The van der Waals surface area contributed by atoms with Crippen molar-refractivity contribution in [2.45, 2.75) is 24.2 Å². The Balaban J connectivity index is 1.63. The van der Waals surface area contributed by atoms with Gasteiger partial charge in [0.1, 0.15) is 0 Å². The fourth-order valence-corrected chi connectivity index (χ4v) is 4.46.